The average Bonchev–Trinajstić information content (AvgIpc) is 3.13. The number of nitrogens with one attached hydrogen (secondary N) is 1. The van der Waals surface area contributed by atoms with Gasteiger partial charge in [-0.2, -0.15) is 0 Å². The van der Waals surface area contributed by atoms with Crippen LogP contribution in [-0.4, -0.2) is 63.6 Å². The average molecular weight is 361 g/mol. The number of hydrogen-bond acceptors (Lipinski definition) is 4. The molecule has 0 saturated heterocycles. The van der Waals surface area contributed by atoms with Gasteiger partial charge in [0.25, 0.3) is 0 Å². The highest BCUT2D eigenvalue weighted by molar-refractivity contribution is 7.10. The van der Waals surface area contributed by atoms with Crippen molar-refractivity contribution < 1.29 is 4.74 Å². The summed E-state index contributed by atoms with van der Waals surface area (Å²) in [6.07, 6.45) is 0. The van der Waals surface area contributed by atoms with Crippen LogP contribution in [0.5, 0.6) is 5.75 Å². The Morgan fingerprint density at radius 3 is 2.52 bits per heavy atom. The number of para-hydroxylation sites is 1. The molecule has 5 nitrogen and oxygen atoms in total. The van der Waals surface area contributed by atoms with E-state index in [-0.39, 0.29) is 0 Å². The van der Waals surface area contributed by atoms with Crippen molar-refractivity contribution in [2.45, 2.75) is 6.04 Å². The van der Waals surface area contributed by atoms with E-state index in [1.165, 1.54) is 4.88 Å². The van der Waals surface area contributed by atoms with E-state index in [1.807, 2.05) is 44.4 Å². The van der Waals surface area contributed by atoms with Crippen molar-refractivity contribution >= 4 is 17.3 Å². The molecule has 0 bridgehead atoms. The fourth-order valence-electron chi connectivity index (χ4n) is 2.51. The van der Waals surface area contributed by atoms with Gasteiger partial charge in [-0.3, -0.25) is 4.99 Å². The van der Waals surface area contributed by atoms with Gasteiger partial charge in [0.15, 0.2) is 5.96 Å². The molecule has 2 rings (SSSR count). The Bertz CT molecular complexity index is 628. The van der Waals surface area contributed by atoms with Gasteiger partial charge in [-0.25, -0.2) is 0 Å². The number of hydrogen-bond donors (Lipinski definition) is 1. The molecule has 0 amide bonds. The predicted molar refractivity (Wildman–Crippen MR) is 107 cm³/mol. The second kappa shape index (κ2) is 10.1. The van der Waals surface area contributed by atoms with E-state index in [9.17, 15) is 0 Å². The van der Waals surface area contributed by atoms with Crippen LogP contribution in [0.3, 0.4) is 0 Å². The van der Waals surface area contributed by atoms with Crippen molar-refractivity contribution in [3.05, 3.63) is 52.7 Å². The lowest BCUT2D eigenvalue weighted by atomic mass is 10.2. The lowest BCUT2D eigenvalue weighted by molar-refractivity contribution is 0.276. The van der Waals surface area contributed by atoms with Crippen LogP contribution in [0.15, 0.2) is 52.8 Å². The first-order valence-electron chi connectivity index (χ1n) is 8.41. The number of nitrogens with zero attached hydrogens (tertiary/aromatic N) is 3. The predicted octanol–water partition coefficient (Wildman–Crippen LogP) is 2.94. The Balaban J connectivity index is 1.82. The minimum Gasteiger partial charge on any atom is -0.492 e. The Labute approximate surface area is 154 Å². The van der Waals surface area contributed by atoms with Gasteiger partial charge in [0.2, 0.25) is 0 Å². The zero-order valence-electron chi connectivity index (χ0n) is 15.5. The van der Waals surface area contributed by atoms with Gasteiger partial charge in [0, 0.05) is 25.5 Å². The first-order valence-corrected chi connectivity index (χ1v) is 9.29. The van der Waals surface area contributed by atoms with Gasteiger partial charge in [-0.1, -0.05) is 24.3 Å². The molecule has 1 aromatic heterocycles. The summed E-state index contributed by atoms with van der Waals surface area (Å²) >= 11 is 1.78. The van der Waals surface area contributed by atoms with Crippen LogP contribution in [0.2, 0.25) is 0 Å². The van der Waals surface area contributed by atoms with Crippen molar-refractivity contribution in [3.8, 4) is 5.75 Å². The van der Waals surface area contributed by atoms with Gasteiger partial charge in [-0.15, -0.1) is 11.3 Å². The zero-order valence-corrected chi connectivity index (χ0v) is 16.3. The first kappa shape index (κ1) is 19.3. The highest BCUT2D eigenvalue weighted by atomic mass is 32.1. The maximum absolute atomic E-state index is 5.76. The quantitative estimate of drug-likeness (QED) is 0.580. The molecule has 6 heteroatoms. The summed E-state index contributed by atoms with van der Waals surface area (Å²) in [4.78, 5) is 10.1. The molecule has 0 fully saturated rings. The van der Waals surface area contributed by atoms with Crippen molar-refractivity contribution in [2.75, 3.05) is 47.9 Å². The summed E-state index contributed by atoms with van der Waals surface area (Å²) < 4.78 is 5.76. The number of benzene rings is 1. The van der Waals surface area contributed by atoms with Crippen LogP contribution in [0.1, 0.15) is 10.9 Å². The highest BCUT2D eigenvalue weighted by Gasteiger charge is 2.16. The van der Waals surface area contributed by atoms with Crippen LogP contribution < -0.4 is 10.1 Å². The fraction of sp³-hybridized carbons (Fsp3) is 0.421. The molecule has 1 aromatic carbocycles. The molecule has 1 N–H and O–H groups in total. The lowest BCUT2D eigenvalue weighted by Gasteiger charge is -2.27. The van der Waals surface area contributed by atoms with Crippen LogP contribution >= 0.6 is 11.3 Å². The van der Waals surface area contributed by atoms with Crippen molar-refractivity contribution in [1.29, 1.82) is 0 Å². The molecule has 2 aromatic rings. The Hall–Kier alpha value is -2.05. The molecule has 1 heterocycles. The van der Waals surface area contributed by atoms with Gasteiger partial charge in [-0.05, 0) is 37.7 Å². The van der Waals surface area contributed by atoms with E-state index in [1.54, 1.807) is 11.3 Å². The molecule has 1 unspecified atom stereocenters. The number of ether oxygens (including phenoxy) is 1. The van der Waals surface area contributed by atoms with Crippen LogP contribution in [0.25, 0.3) is 0 Å². The summed E-state index contributed by atoms with van der Waals surface area (Å²) in [5.41, 5.74) is 0. The van der Waals surface area contributed by atoms with E-state index in [4.69, 9.17) is 4.74 Å². The maximum atomic E-state index is 5.76. The van der Waals surface area contributed by atoms with Crippen LogP contribution in [0.4, 0.5) is 0 Å². The summed E-state index contributed by atoms with van der Waals surface area (Å²) in [6.45, 7) is 2.19. The molecule has 0 radical (unpaired) electrons. The van der Waals surface area contributed by atoms with Crippen molar-refractivity contribution in [2.24, 2.45) is 4.99 Å². The third kappa shape index (κ3) is 6.07. The molecule has 0 aliphatic carbocycles. The normalized spacial score (nSPS) is 12.9. The van der Waals surface area contributed by atoms with E-state index in [2.05, 4.69) is 51.7 Å². The van der Waals surface area contributed by atoms with Gasteiger partial charge in [0.05, 0.1) is 12.6 Å². The van der Waals surface area contributed by atoms with Crippen LogP contribution in [0, 0.1) is 0 Å². The van der Waals surface area contributed by atoms with Gasteiger partial charge >= 0.3 is 0 Å². The molecule has 25 heavy (non-hydrogen) atoms. The smallest absolute Gasteiger partial charge is 0.193 e. The van der Waals surface area contributed by atoms with Crippen molar-refractivity contribution in [1.82, 2.24) is 15.1 Å². The zero-order chi connectivity index (χ0) is 18.1. The molecular formula is C19H28N4OS. The van der Waals surface area contributed by atoms with E-state index in [0.29, 0.717) is 12.6 Å². The molecular weight excluding hydrogens is 332 g/mol. The van der Waals surface area contributed by atoms with E-state index in [0.717, 1.165) is 24.8 Å². The maximum Gasteiger partial charge on any atom is 0.193 e. The number of likely N-dealkylation sites (N-methyl/N-ethyl adjacent to an activating group) is 2. The molecule has 136 valence electrons. The third-order valence-corrected chi connectivity index (χ3v) is 4.93. The minimum atomic E-state index is 0.325. The standard InChI is InChI=1S/C19H28N4OS/c1-20-19(21-15-17(22(2)3)18-11-8-14-25-18)23(4)12-13-24-16-9-6-5-7-10-16/h5-11,14,17H,12-13,15H2,1-4H3,(H,20,21). The third-order valence-electron chi connectivity index (χ3n) is 3.96. The Kier molecular flexibility index (Phi) is 7.76. The minimum absolute atomic E-state index is 0.325. The summed E-state index contributed by atoms with van der Waals surface area (Å²) in [7, 11) is 8.05. The lowest BCUT2D eigenvalue weighted by Crippen LogP contribution is -2.43. The molecule has 1 atom stereocenters. The summed E-state index contributed by atoms with van der Waals surface area (Å²) in [5, 5.41) is 5.59. The summed E-state index contributed by atoms with van der Waals surface area (Å²) in [6, 6.07) is 14.5. The highest BCUT2D eigenvalue weighted by Crippen LogP contribution is 2.22. The van der Waals surface area contributed by atoms with E-state index >= 15 is 0 Å². The van der Waals surface area contributed by atoms with Crippen molar-refractivity contribution in [3.63, 3.8) is 0 Å². The van der Waals surface area contributed by atoms with Gasteiger partial charge < -0.3 is 19.9 Å². The molecule has 0 spiro atoms. The Morgan fingerprint density at radius 1 is 1.16 bits per heavy atom. The molecule has 0 saturated carbocycles. The fourth-order valence-corrected chi connectivity index (χ4v) is 3.44. The van der Waals surface area contributed by atoms with Crippen LogP contribution in [-0.2, 0) is 0 Å². The second-order valence-corrected chi connectivity index (χ2v) is 6.99. The number of aliphatic imine (C=N–C) groups is 1. The van der Waals surface area contributed by atoms with E-state index < -0.39 is 0 Å². The first-order chi connectivity index (χ1) is 12.1. The SMILES string of the molecule is CN=C(NCC(c1cccs1)N(C)C)N(C)CCOc1ccccc1. The largest absolute Gasteiger partial charge is 0.492 e. The summed E-state index contributed by atoms with van der Waals surface area (Å²) in [5.74, 6) is 1.77. The number of thiophene rings is 1. The molecule has 0 aliphatic heterocycles. The second-order valence-electron chi connectivity index (χ2n) is 6.01. The Morgan fingerprint density at radius 2 is 1.92 bits per heavy atom. The monoisotopic (exact) mass is 360 g/mol. The topological polar surface area (TPSA) is 40.1 Å². The number of guanidine groups is 1. The number of rotatable bonds is 8. The van der Waals surface area contributed by atoms with Gasteiger partial charge in [0.1, 0.15) is 12.4 Å². The molecule has 0 aliphatic rings.